The Labute approximate surface area is 107 Å². The first-order valence-corrected chi connectivity index (χ1v) is 6.38. The number of fused-ring (bicyclic) bond motifs is 1. The summed E-state index contributed by atoms with van der Waals surface area (Å²) in [6.07, 6.45) is 4.90. The number of nitrogens with zero attached hydrogens (tertiary/aromatic N) is 3. The summed E-state index contributed by atoms with van der Waals surface area (Å²) in [6, 6.07) is 3.87. The van der Waals surface area contributed by atoms with Crippen molar-refractivity contribution in [3.8, 4) is 11.4 Å². The van der Waals surface area contributed by atoms with Gasteiger partial charge in [0, 0.05) is 18.0 Å². The third-order valence-electron chi connectivity index (χ3n) is 3.07. The van der Waals surface area contributed by atoms with Crippen molar-refractivity contribution in [2.24, 2.45) is 0 Å². The van der Waals surface area contributed by atoms with Crippen LogP contribution >= 0.6 is 15.9 Å². The molecule has 17 heavy (non-hydrogen) atoms. The van der Waals surface area contributed by atoms with Gasteiger partial charge in [0.2, 0.25) is 0 Å². The summed E-state index contributed by atoms with van der Waals surface area (Å²) < 4.78 is 2.98. The van der Waals surface area contributed by atoms with Crippen molar-refractivity contribution in [3.05, 3.63) is 34.8 Å². The van der Waals surface area contributed by atoms with Crippen molar-refractivity contribution < 1.29 is 5.11 Å². The minimum absolute atomic E-state index is 0.274. The molecule has 3 heterocycles. The van der Waals surface area contributed by atoms with Crippen molar-refractivity contribution in [1.82, 2.24) is 14.5 Å². The van der Waals surface area contributed by atoms with Crippen LogP contribution in [0, 0.1) is 0 Å². The second kappa shape index (κ2) is 4.23. The summed E-state index contributed by atoms with van der Waals surface area (Å²) in [4.78, 5) is 8.54. The van der Waals surface area contributed by atoms with E-state index in [9.17, 15) is 5.11 Å². The number of aliphatic hydroxyl groups is 1. The molecule has 4 nitrogen and oxygen atoms in total. The van der Waals surface area contributed by atoms with Gasteiger partial charge in [0.25, 0.3) is 0 Å². The van der Waals surface area contributed by atoms with Crippen LogP contribution in [0.4, 0.5) is 0 Å². The molecule has 88 valence electrons. The summed E-state index contributed by atoms with van der Waals surface area (Å²) in [6.45, 7) is 0.617. The molecule has 0 fully saturated rings. The van der Waals surface area contributed by atoms with E-state index in [1.165, 1.54) is 5.69 Å². The van der Waals surface area contributed by atoms with Crippen LogP contribution in [0.15, 0.2) is 29.1 Å². The highest BCUT2D eigenvalue weighted by Crippen LogP contribution is 2.29. The SMILES string of the molecule is OC1CCc2c(Br)nc(-c3ccncc3)n2C1. The number of hydrogen-bond donors (Lipinski definition) is 1. The molecule has 0 spiro atoms. The molecule has 0 aromatic carbocycles. The van der Waals surface area contributed by atoms with Gasteiger partial charge >= 0.3 is 0 Å². The maximum Gasteiger partial charge on any atom is 0.141 e. The minimum atomic E-state index is -0.274. The fraction of sp³-hybridized carbons (Fsp3) is 0.333. The number of rotatable bonds is 1. The summed E-state index contributed by atoms with van der Waals surface area (Å²) in [5, 5.41) is 9.76. The Morgan fingerprint density at radius 3 is 2.88 bits per heavy atom. The maximum atomic E-state index is 9.76. The summed E-state index contributed by atoms with van der Waals surface area (Å²) in [5.41, 5.74) is 2.20. The molecule has 1 atom stereocenters. The molecule has 0 radical (unpaired) electrons. The molecule has 1 N–H and O–H groups in total. The van der Waals surface area contributed by atoms with E-state index in [4.69, 9.17) is 0 Å². The van der Waals surface area contributed by atoms with Crippen molar-refractivity contribution in [1.29, 1.82) is 0 Å². The Morgan fingerprint density at radius 2 is 2.12 bits per heavy atom. The lowest BCUT2D eigenvalue weighted by Gasteiger charge is -2.21. The van der Waals surface area contributed by atoms with E-state index >= 15 is 0 Å². The van der Waals surface area contributed by atoms with Crippen LogP contribution in [0.2, 0.25) is 0 Å². The van der Waals surface area contributed by atoms with Gasteiger partial charge in [-0.3, -0.25) is 4.98 Å². The Hall–Kier alpha value is -1.20. The highest BCUT2D eigenvalue weighted by atomic mass is 79.9. The Bertz CT molecular complexity index is 538. The zero-order valence-corrected chi connectivity index (χ0v) is 10.8. The third-order valence-corrected chi connectivity index (χ3v) is 3.70. The first-order chi connectivity index (χ1) is 8.25. The smallest absolute Gasteiger partial charge is 0.141 e. The molecule has 2 aromatic rings. The summed E-state index contributed by atoms with van der Waals surface area (Å²) >= 11 is 3.49. The van der Waals surface area contributed by atoms with Crippen LogP contribution in [0.5, 0.6) is 0 Å². The van der Waals surface area contributed by atoms with E-state index in [1.54, 1.807) is 12.4 Å². The molecule has 0 amide bonds. The molecule has 1 unspecified atom stereocenters. The van der Waals surface area contributed by atoms with E-state index < -0.39 is 0 Å². The zero-order valence-electron chi connectivity index (χ0n) is 9.17. The number of halogens is 1. The van der Waals surface area contributed by atoms with Gasteiger partial charge in [-0.25, -0.2) is 4.98 Å². The predicted octanol–water partition coefficient (Wildman–Crippen LogP) is 2.01. The number of imidazole rings is 1. The molecule has 5 heteroatoms. The van der Waals surface area contributed by atoms with Crippen molar-refractivity contribution in [3.63, 3.8) is 0 Å². The lowest BCUT2D eigenvalue weighted by molar-refractivity contribution is 0.132. The lowest BCUT2D eigenvalue weighted by atomic mass is 10.1. The van der Waals surface area contributed by atoms with E-state index in [2.05, 4.69) is 30.5 Å². The number of hydrogen-bond acceptors (Lipinski definition) is 3. The van der Waals surface area contributed by atoms with Crippen molar-refractivity contribution in [2.45, 2.75) is 25.5 Å². The molecule has 0 aliphatic carbocycles. The first kappa shape index (κ1) is 10.9. The fourth-order valence-corrected chi connectivity index (χ4v) is 2.80. The average molecular weight is 294 g/mol. The quantitative estimate of drug-likeness (QED) is 0.875. The predicted molar refractivity (Wildman–Crippen MR) is 67.5 cm³/mol. The number of aliphatic hydroxyl groups excluding tert-OH is 1. The lowest BCUT2D eigenvalue weighted by Crippen LogP contribution is -2.24. The Morgan fingerprint density at radius 1 is 1.35 bits per heavy atom. The topological polar surface area (TPSA) is 50.9 Å². The van der Waals surface area contributed by atoms with Gasteiger partial charge in [-0.1, -0.05) is 0 Å². The van der Waals surface area contributed by atoms with Gasteiger partial charge in [-0.15, -0.1) is 0 Å². The third kappa shape index (κ3) is 1.89. The highest BCUT2D eigenvalue weighted by Gasteiger charge is 2.23. The molecular weight excluding hydrogens is 282 g/mol. The second-order valence-electron chi connectivity index (χ2n) is 4.21. The minimum Gasteiger partial charge on any atom is -0.391 e. The second-order valence-corrected chi connectivity index (χ2v) is 4.96. The van der Waals surface area contributed by atoms with E-state index in [-0.39, 0.29) is 6.10 Å². The standard InChI is InChI=1S/C12H12BrN3O/c13-11-10-2-1-9(17)7-16(10)12(15-11)8-3-5-14-6-4-8/h3-6,9,17H,1-2,7H2. The van der Waals surface area contributed by atoms with E-state index in [0.29, 0.717) is 6.54 Å². The summed E-state index contributed by atoms with van der Waals surface area (Å²) in [7, 11) is 0. The van der Waals surface area contributed by atoms with Gasteiger partial charge in [0.1, 0.15) is 10.4 Å². The van der Waals surface area contributed by atoms with Crippen LogP contribution in [0.3, 0.4) is 0 Å². The number of pyridine rings is 1. The van der Waals surface area contributed by atoms with Gasteiger partial charge < -0.3 is 9.67 Å². The average Bonchev–Trinajstić information content (AvgIpc) is 2.67. The molecular formula is C12H12BrN3O. The largest absolute Gasteiger partial charge is 0.391 e. The van der Waals surface area contributed by atoms with Crippen molar-refractivity contribution in [2.75, 3.05) is 0 Å². The molecule has 3 rings (SSSR count). The van der Waals surface area contributed by atoms with Gasteiger partial charge in [0.05, 0.1) is 18.3 Å². The van der Waals surface area contributed by atoms with Gasteiger partial charge in [0.15, 0.2) is 0 Å². The molecule has 0 saturated carbocycles. The van der Waals surface area contributed by atoms with Crippen LogP contribution in [0.25, 0.3) is 11.4 Å². The van der Waals surface area contributed by atoms with Crippen LogP contribution in [-0.4, -0.2) is 25.7 Å². The van der Waals surface area contributed by atoms with E-state index in [0.717, 1.165) is 28.8 Å². The van der Waals surface area contributed by atoms with Crippen LogP contribution in [-0.2, 0) is 13.0 Å². The van der Waals surface area contributed by atoms with E-state index in [1.807, 2.05) is 12.1 Å². The summed E-state index contributed by atoms with van der Waals surface area (Å²) in [5.74, 6) is 0.896. The van der Waals surface area contributed by atoms with Crippen molar-refractivity contribution >= 4 is 15.9 Å². The molecule has 2 aromatic heterocycles. The Kier molecular flexibility index (Phi) is 2.72. The van der Waals surface area contributed by atoms with Gasteiger partial charge in [-0.2, -0.15) is 0 Å². The van der Waals surface area contributed by atoms with Crippen LogP contribution in [0.1, 0.15) is 12.1 Å². The fourth-order valence-electron chi connectivity index (χ4n) is 2.22. The molecule has 0 bridgehead atoms. The van der Waals surface area contributed by atoms with Gasteiger partial charge in [-0.05, 0) is 40.9 Å². The Balaban J connectivity index is 2.13. The molecule has 1 aliphatic rings. The monoisotopic (exact) mass is 293 g/mol. The highest BCUT2D eigenvalue weighted by molar-refractivity contribution is 9.10. The first-order valence-electron chi connectivity index (χ1n) is 5.59. The number of aromatic nitrogens is 3. The normalized spacial score (nSPS) is 19.1. The molecule has 0 saturated heterocycles. The maximum absolute atomic E-state index is 9.76. The van der Waals surface area contributed by atoms with Crippen LogP contribution < -0.4 is 0 Å². The zero-order chi connectivity index (χ0) is 11.8. The molecule has 1 aliphatic heterocycles.